The zero-order chi connectivity index (χ0) is 24.9. The minimum absolute atomic E-state index is 0.275. The Kier molecular flexibility index (Phi) is 7.13. The first kappa shape index (κ1) is 23.8. The molecule has 1 aliphatic heterocycles. The number of hydrogen-bond donors (Lipinski definition) is 1. The molecule has 0 aliphatic carbocycles. The molecule has 2 heterocycles. The lowest BCUT2D eigenvalue weighted by atomic mass is 9.98. The molecule has 7 nitrogen and oxygen atoms in total. The normalized spacial score (nSPS) is 14.5. The Morgan fingerprint density at radius 3 is 2.53 bits per heavy atom. The maximum Gasteiger partial charge on any atom is 0.163 e. The van der Waals surface area contributed by atoms with Crippen LogP contribution in [0.5, 0.6) is 23.0 Å². The van der Waals surface area contributed by atoms with Crippen LogP contribution in [0.3, 0.4) is 0 Å². The van der Waals surface area contributed by atoms with Crippen LogP contribution in [0.2, 0.25) is 0 Å². The zero-order valence-corrected chi connectivity index (χ0v) is 20.4. The van der Waals surface area contributed by atoms with E-state index in [2.05, 4.69) is 27.2 Å². The van der Waals surface area contributed by atoms with Crippen molar-refractivity contribution in [2.75, 3.05) is 39.2 Å². The standard InChI is InChI=1S/C28H29FN4O3/c1-33-12-10-19(11-13-33)17-35-27-16-25-22(15-26(27)34-2)28(31-18-30-25)32-24-9-8-21(14-23(24)29)36-20-6-4-3-5-7-20/h3-9,14-16,18-19H,10-13,17H2,1-2H3,(H,30,31,32). The van der Waals surface area contributed by atoms with Crippen LogP contribution >= 0.6 is 0 Å². The van der Waals surface area contributed by atoms with Gasteiger partial charge in [0.05, 0.1) is 24.9 Å². The van der Waals surface area contributed by atoms with E-state index in [1.54, 1.807) is 19.2 Å². The molecule has 0 unspecified atom stereocenters. The Labute approximate surface area is 209 Å². The Hall–Kier alpha value is -3.91. The van der Waals surface area contributed by atoms with Gasteiger partial charge < -0.3 is 24.4 Å². The fourth-order valence-corrected chi connectivity index (χ4v) is 4.29. The summed E-state index contributed by atoms with van der Waals surface area (Å²) in [5.74, 6) is 2.80. The summed E-state index contributed by atoms with van der Waals surface area (Å²) in [4.78, 5) is 11.1. The predicted molar refractivity (Wildman–Crippen MR) is 138 cm³/mol. The molecule has 0 saturated carbocycles. The first-order valence-corrected chi connectivity index (χ1v) is 12.0. The first-order valence-electron chi connectivity index (χ1n) is 12.0. The smallest absolute Gasteiger partial charge is 0.163 e. The third-order valence-electron chi connectivity index (χ3n) is 6.41. The molecule has 0 atom stereocenters. The summed E-state index contributed by atoms with van der Waals surface area (Å²) in [6.07, 6.45) is 3.68. The Balaban J connectivity index is 1.34. The number of fused-ring (bicyclic) bond motifs is 1. The van der Waals surface area contributed by atoms with Crippen LogP contribution in [0.1, 0.15) is 12.8 Å². The van der Waals surface area contributed by atoms with Crippen molar-refractivity contribution in [1.29, 1.82) is 0 Å². The topological polar surface area (TPSA) is 68.7 Å². The highest BCUT2D eigenvalue weighted by atomic mass is 19.1. The quantitative estimate of drug-likeness (QED) is 0.325. The number of aromatic nitrogens is 2. The summed E-state index contributed by atoms with van der Waals surface area (Å²) in [6.45, 7) is 2.80. The summed E-state index contributed by atoms with van der Waals surface area (Å²) in [5.41, 5.74) is 0.952. The highest BCUT2D eigenvalue weighted by Gasteiger charge is 2.19. The molecule has 8 heteroatoms. The Bertz CT molecular complexity index is 1330. The fourth-order valence-electron chi connectivity index (χ4n) is 4.29. The Morgan fingerprint density at radius 1 is 0.972 bits per heavy atom. The van der Waals surface area contributed by atoms with Crippen LogP contribution in [0.25, 0.3) is 10.9 Å². The number of methoxy groups -OCH3 is 1. The summed E-state index contributed by atoms with van der Waals surface area (Å²) in [5, 5.41) is 3.78. The van der Waals surface area contributed by atoms with Crippen molar-refractivity contribution in [2.24, 2.45) is 5.92 Å². The summed E-state index contributed by atoms with van der Waals surface area (Å²) < 4.78 is 32.4. The molecule has 1 saturated heterocycles. The van der Waals surface area contributed by atoms with E-state index in [9.17, 15) is 4.39 Å². The van der Waals surface area contributed by atoms with E-state index in [0.29, 0.717) is 52.2 Å². The number of likely N-dealkylation sites (tertiary alicyclic amines) is 1. The molecule has 4 aromatic rings. The van der Waals surface area contributed by atoms with E-state index in [1.807, 2.05) is 42.5 Å². The number of nitrogens with zero attached hydrogens (tertiary/aromatic N) is 3. The number of piperidine rings is 1. The van der Waals surface area contributed by atoms with Gasteiger partial charge in [-0.1, -0.05) is 18.2 Å². The number of rotatable bonds is 8. The van der Waals surface area contributed by atoms with Crippen molar-refractivity contribution >= 4 is 22.4 Å². The van der Waals surface area contributed by atoms with Crippen molar-refractivity contribution < 1.29 is 18.6 Å². The molecule has 0 spiro atoms. The van der Waals surface area contributed by atoms with Crippen LogP contribution in [-0.4, -0.2) is 48.7 Å². The second kappa shape index (κ2) is 10.8. The lowest BCUT2D eigenvalue weighted by Crippen LogP contribution is -2.32. The number of nitrogens with one attached hydrogen (secondary N) is 1. The monoisotopic (exact) mass is 488 g/mol. The number of benzene rings is 3. The van der Waals surface area contributed by atoms with E-state index in [1.165, 1.54) is 12.4 Å². The molecular weight excluding hydrogens is 459 g/mol. The van der Waals surface area contributed by atoms with Crippen LogP contribution in [0.15, 0.2) is 67.0 Å². The molecule has 1 N–H and O–H groups in total. The number of hydrogen-bond acceptors (Lipinski definition) is 7. The van der Waals surface area contributed by atoms with Crippen LogP contribution in [0.4, 0.5) is 15.9 Å². The van der Waals surface area contributed by atoms with Gasteiger partial charge in [0.15, 0.2) is 11.5 Å². The number of para-hydroxylation sites is 1. The highest BCUT2D eigenvalue weighted by Crippen LogP contribution is 2.36. The van der Waals surface area contributed by atoms with Gasteiger partial charge in [-0.05, 0) is 69.2 Å². The largest absolute Gasteiger partial charge is 0.493 e. The molecule has 0 bridgehead atoms. The van der Waals surface area contributed by atoms with E-state index >= 15 is 0 Å². The second-order valence-corrected chi connectivity index (χ2v) is 8.98. The average Bonchev–Trinajstić information content (AvgIpc) is 2.90. The molecule has 1 fully saturated rings. The lowest BCUT2D eigenvalue weighted by molar-refractivity contribution is 0.157. The number of anilines is 2. The highest BCUT2D eigenvalue weighted by molar-refractivity contribution is 5.93. The Morgan fingerprint density at radius 2 is 1.78 bits per heavy atom. The molecule has 1 aromatic heterocycles. The van der Waals surface area contributed by atoms with E-state index in [4.69, 9.17) is 14.2 Å². The second-order valence-electron chi connectivity index (χ2n) is 8.98. The molecule has 0 radical (unpaired) electrons. The molecule has 0 amide bonds. The van der Waals surface area contributed by atoms with Gasteiger partial charge in [-0.25, -0.2) is 14.4 Å². The van der Waals surface area contributed by atoms with Crippen LogP contribution < -0.4 is 19.5 Å². The minimum atomic E-state index is -0.458. The third-order valence-corrected chi connectivity index (χ3v) is 6.41. The number of halogens is 1. The SMILES string of the molecule is COc1cc2c(Nc3ccc(Oc4ccccc4)cc3F)ncnc2cc1OCC1CCN(C)CC1. The van der Waals surface area contributed by atoms with Gasteiger partial charge in [-0.3, -0.25) is 0 Å². The van der Waals surface area contributed by atoms with Crippen LogP contribution in [0, 0.1) is 11.7 Å². The van der Waals surface area contributed by atoms with Crippen molar-refractivity contribution in [1.82, 2.24) is 14.9 Å². The fraction of sp³-hybridized carbons (Fsp3) is 0.286. The summed E-state index contributed by atoms with van der Waals surface area (Å²) in [7, 11) is 3.75. The lowest BCUT2D eigenvalue weighted by Gasteiger charge is -2.28. The van der Waals surface area contributed by atoms with E-state index < -0.39 is 5.82 Å². The minimum Gasteiger partial charge on any atom is -0.493 e. The summed E-state index contributed by atoms with van der Waals surface area (Å²) >= 11 is 0. The van der Waals surface area contributed by atoms with Crippen molar-refractivity contribution in [3.05, 3.63) is 72.8 Å². The number of ether oxygens (including phenoxy) is 3. The molecule has 186 valence electrons. The maximum atomic E-state index is 14.9. The van der Waals surface area contributed by atoms with Gasteiger partial charge in [-0.2, -0.15) is 0 Å². The van der Waals surface area contributed by atoms with E-state index in [0.717, 1.165) is 25.9 Å². The average molecular weight is 489 g/mol. The molecule has 3 aromatic carbocycles. The third kappa shape index (κ3) is 5.49. The van der Waals surface area contributed by atoms with Gasteiger partial charge in [0.1, 0.15) is 29.5 Å². The van der Waals surface area contributed by atoms with Gasteiger partial charge in [-0.15, -0.1) is 0 Å². The molecular formula is C28H29FN4O3. The van der Waals surface area contributed by atoms with Crippen molar-refractivity contribution in [2.45, 2.75) is 12.8 Å². The zero-order valence-electron chi connectivity index (χ0n) is 20.4. The van der Waals surface area contributed by atoms with E-state index in [-0.39, 0.29) is 5.69 Å². The van der Waals surface area contributed by atoms with Gasteiger partial charge in [0.2, 0.25) is 0 Å². The van der Waals surface area contributed by atoms with Gasteiger partial charge in [0, 0.05) is 17.5 Å². The first-order chi connectivity index (χ1) is 17.6. The van der Waals surface area contributed by atoms with Crippen molar-refractivity contribution in [3.8, 4) is 23.0 Å². The predicted octanol–water partition coefficient (Wildman–Crippen LogP) is 6.03. The molecule has 5 rings (SSSR count). The van der Waals surface area contributed by atoms with Gasteiger partial charge >= 0.3 is 0 Å². The molecule has 36 heavy (non-hydrogen) atoms. The van der Waals surface area contributed by atoms with Gasteiger partial charge in [0.25, 0.3) is 0 Å². The van der Waals surface area contributed by atoms with Crippen molar-refractivity contribution in [3.63, 3.8) is 0 Å². The van der Waals surface area contributed by atoms with Crippen LogP contribution in [-0.2, 0) is 0 Å². The summed E-state index contributed by atoms with van der Waals surface area (Å²) in [6, 6.07) is 17.6. The maximum absolute atomic E-state index is 14.9. The molecule has 1 aliphatic rings.